The molecule has 1 saturated heterocycles. The molecule has 1 aliphatic heterocycles. The number of carboxylic acid groups (broad SMARTS) is 1. The third-order valence-electron chi connectivity index (χ3n) is 4.85. The average Bonchev–Trinajstić information content (AvgIpc) is 3.10. The number of amides is 2. The van der Waals surface area contributed by atoms with Gasteiger partial charge < -0.3 is 19.9 Å². The minimum Gasteiger partial charge on any atom is -0.481 e. The Kier molecular flexibility index (Phi) is 5.78. The van der Waals surface area contributed by atoms with Crippen molar-refractivity contribution >= 4 is 17.7 Å². The van der Waals surface area contributed by atoms with Crippen LogP contribution in [0.3, 0.4) is 0 Å². The van der Waals surface area contributed by atoms with E-state index in [4.69, 9.17) is 0 Å². The third kappa shape index (κ3) is 4.67. The van der Waals surface area contributed by atoms with Crippen LogP contribution in [-0.2, 0) is 11.3 Å². The molecule has 27 heavy (non-hydrogen) atoms. The molecule has 1 fully saturated rings. The summed E-state index contributed by atoms with van der Waals surface area (Å²) in [6.07, 6.45) is 5.09. The molecule has 144 valence electrons. The van der Waals surface area contributed by atoms with E-state index < -0.39 is 11.9 Å². The number of hydrogen-bond acceptors (Lipinski definition) is 3. The zero-order chi connectivity index (χ0) is 19.4. The van der Waals surface area contributed by atoms with Gasteiger partial charge in [-0.1, -0.05) is 26.0 Å². The summed E-state index contributed by atoms with van der Waals surface area (Å²) in [4.78, 5) is 29.7. The average molecular weight is 370 g/mol. The molecule has 1 aliphatic rings. The van der Waals surface area contributed by atoms with Crippen molar-refractivity contribution in [3.05, 3.63) is 48.0 Å². The molecule has 7 nitrogen and oxygen atoms in total. The fourth-order valence-electron chi connectivity index (χ4n) is 3.46. The maximum atomic E-state index is 12.5. The van der Waals surface area contributed by atoms with Crippen LogP contribution in [-0.4, -0.2) is 44.6 Å². The number of nitrogens with zero attached hydrogens (tertiary/aromatic N) is 3. The van der Waals surface area contributed by atoms with E-state index in [0.717, 1.165) is 11.4 Å². The Balaban J connectivity index is 1.66. The molecule has 2 aromatic rings. The molecule has 7 heteroatoms. The number of hydrogen-bond donors (Lipinski definition) is 2. The second kappa shape index (κ2) is 8.24. The maximum absolute atomic E-state index is 12.5. The number of carboxylic acids is 1. The molecule has 2 heterocycles. The van der Waals surface area contributed by atoms with E-state index in [9.17, 15) is 14.7 Å². The van der Waals surface area contributed by atoms with Gasteiger partial charge in [0, 0.05) is 43.6 Å². The Morgan fingerprint density at radius 1 is 1.37 bits per heavy atom. The summed E-state index contributed by atoms with van der Waals surface area (Å²) in [6, 6.07) is 7.47. The number of aliphatic carboxylic acids is 1. The summed E-state index contributed by atoms with van der Waals surface area (Å²) in [5.74, 6) is 0.0453. The van der Waals surface area contributed by atoms with E-state index in [1.807, 2.05) is 30.5 Å². The van der Waals surface area contributed by atoms with Crippen LogP contribution >= 0.6 is 0 Å². The molecule has 0 saturated carbocycles. The first kappa shape index (κ1) is 18.9. The van der Waals surface area contributed by atoms with E-state index in [1.54, 1.807) is 11.1 Å². The van der Waals surface area contributed by atoms with E-state index in [0.29, 0.717) is 37.5 Å². The minimum atomic E-state index is -0.837. The monoisotopic (exact) mass is 370 g/mol. The van der Waals surface area contributed by atoms with Crippen LogP contribution < -0.4 is 5.32 Å². The Bertz CT molecular complexity index is 815. The predicted molar refractivity (Wildman–Crippen MR) is 103 cm³/mol. The van der Waals surface area contributed by atoms with Crippen molar-refractivity contribution in [2.45, 2.75) is 39.2 Å². The van der Waals surface area contributed by atoms with Gasteiger partial charge in [0.05, 0.1) is 5.92 Å². The van der Waals surface area contributed by atoms with Crippen LogP contribution in [0, 0.1) is 5.92 Å². The maximum Gasteiger partial charge on any atom is 0.321 e. The summed E-state index contributed by atoms with van der Waals surface area (Å²) in [7, 11) is 0. The highest BCUT2D eigenvalue weighted by molar-refractivity contribution is 5.89. The first-order valence-corrected chi connectivity index (χ1v) is 9.32. The van der Waals surface area contributed by atoms with Crippen LogP contribution in [0.5, 0.6) is 0 Å². The molecule has 0 aliphatic carbocycles. The highest BCUT2D eigenvalue weighted by Gasteiger charge is 2.28. The molecular weight excluding hydrogens is 344 g/mol. The van der Waals surface area contributed by atoms with Gasteiger partial charge in [-0.3, -0.25) is 4.79 Å². The molecular formula is C20H26N4O3. The summed E-state index contributed by atoms with van der Waals surface area (Å²) in [6.45, 7) is 5.74. The molecule has 1 unspecified atom stereocenters. The van der Waals surface area contributed by atoms with Gasteiger partial charge in [-0.15, -0.1) is 0 Å². The second-order valence-corrected chi connectivity index (χ2v) is 7.32. The zero-order valence-corrected chi connectivity index (χ0v) is 15.8. The van der Waals surface area contributed by atoms with E-state index in [2.05, 4.69) is 28.7 Å². The van der Waals surface area contributed by atoms with Gasteiger partial charge in [-0.2, -0.15) is 0 Å². The molecule has 1 atom stereocenters. The molecule has 1 aromatic carbocycles. The minimum absolute atomic E-state index is 0.247. The molecule has 0 spiro atoms. The number of urea groups is 1. The first-order valence-electron chi connectivity index (χ1n) is 9.32. The van der Waals surface area contributed by atoms with Crippen molar-refractivity contribution < 1.29 is 14.7 Å². The van der Waals surface area contributed by atoms with Gasteiger partial charge >= 0.3 is 12.0 Å². The fourth-order valence-corrected chi connectivity index (χ4v) is 3.46. The normalized spacial score (nSPS) is 17.1. The number of aromatic nitrogens is 2. The largest absolute Gasteiger partial charge is 0.481 e. The number of likely N-dealkylation sites (tertiary alicyclic amines) is 1. The van der Waals surface area contributed by atoms with Crippen molar-refractivity contribution in [2.75, 3.05) is 18.4 Å². The lowest BCUT2D eigenvalue weighted by Gasteiger charge is -2.30. The summed E-state index contributed by atoms with van der Waals surface area (Å²) >= 11 is 0. The van der Waals surface area contributed by atoms with E-state index in [1.165, 1.54) is 0 Å². The van der Waals surface area contributed by atoms with Gasteiger partial charge in [-0.05, 0) is 30.5 Å². The van der Waals surface area contributed by atoms with Gasteiger partial charge in [0.25, 0.3) is 0 Å². The Hall–Kier alpha value is -2.83. The Labute approximate surface area is 159 Å². The van der Waals surface area contributed by atoms with Crippen LogP contribution in [0.25, 0.3) is 0 Å². The van der Waals surface area contributed by atoms with Crippen molar-refractivity contribution in [3.63, 3.8) is 0 Å². The number of rotatable bonds is 5. The first-order chi connectivity index (χ1) is 12.9. The van der Waals surface area contributed by atoms with Crippen molar-refractivity contribution in [3.8, 4) is 0 Å². The van der Waals surface area contributed by atoms with Gasteiger partial charge in [0.1, 0.15) is 5.82 Å². The van der Waals surface area contributed by atoms with Crippen LogP contribution in [0.2, 0.25) is 0 Å². The molecule has 2 N–H and O–H groups in total. The van der Waals surface area contributed by atoms with E-state index in [-0.39, 0.29) is 12.6 Å². The Morgan fingerprint density at radius 2 is 2.19 bits per heavy atom. The van der Waals surface area contributed by atoms with Gasteiger partial charge in [-0.25, -0.2) is 9.78 Å². The molecule has 0 bridgehead atoms. The summed E-state index contributed by atoms with van der Waals surface area (Å²) < 4.78 is 2.10. The van der Waals surface area contributed by atoms with Crippen LogP contribution in [0.1, 0.15) is 44.0 Å². The van der Waals surface area contributed by atoms with Crippen molar-refractivity contribution in [1.82, 2.24) is 14.5 Å². The lowest BCUT2D eigenvalue weighted by Crippen LogP contribution is -2.44. The number of anilines is 1. The predicted octanol–water partition coefficient (Wildman–Crippen LogP) is 3.38. The van der Waals surface area contributed by atoms with Crippen LogP contribution in [0.15, 0.2) is 36.7 Å². The number of carbonyl (C=O) groups is 2. The number of carbonyl (C=O) groups excluding carboxylic acids is 1. The van der Waals surface area contributed by atoms with E-state index >= 15 is 0 Å². The molecule has 0 radical (unpaired) electrons. The SMILES string of the molecule is CC(C)c1nccn1Cc1cccc(NC(=O)N2CCCC(C(=O)O)C2)c1. The smallest absolute Gasteiger partial charge is 0.321 e. The summed E-state index contributed by atoms with van der Waals surface area (Å²) in [5, 5.41) is 12.1. The topological polar surface area (TPSA) is 87.5 Å². The third-order valence-corrected chi connectivity index (χ3v) is 4.85. The lowest BCUT2D eigenvalue weighted by molar-refractivity contribution is -0.143. The summed E-state index contributed by atoms with van der Waals surface area (Å²) in [5.41, 5.74) is 1.77. The molecule has 2 amide bonds. The number of nitrogens with one attached hydrogen (secondary N) is 1. The second-order valence-electron chi connectivity index (χ2n) is 7.32. The molecule has 1 aromatic heterocycles. The Morgan fingerprint density at radius 3 is 2.93 bits per heavy atom. The molecule has 3 rings (SSSR count). The van der Waals surface area contributed by atoms with Crippen molar-refractivity contribution in [1.29, 1.82) is 0 Å². The highest BCUT2D eigenvalue weighted by atomic mass is 16.4. The lowest BCUT2D eigenvalue weighted by atomic mass is 9.99. The van der Waals surface area contributed by atoms with Crippen molar-refractivity contribution in [2.24, 2.45) is 5.92 Å². The van der Waals surface area contributed by atoms with Crippen LogP contribution in [0.4, 0.5) is 10.5 Å². The number of benzene rings is 1. The number of piperidine rings is 1. The fraction of sp³-hybridized carbons (Fsp3) is 0.450. The quantitative estimate of drug-likeness (QED) is 0.845. The zero-order valence-electron chi connectivity index (χ0n) is 15.8. The van der Waals surface area contributed by atoms with Gasteiger partial charge in [0.15, 0.2) is 0 Å². The highest BCUT2D eigenvalue weighted by Crippen LogP contribution is 2.19. The standard InChI is InChI=1S/C20H26N4O3/c1-14(2)18-21-8-10-23(18)12-15-5-3-7-17(11-15)22-20(27)24-9-4-6-16(13-24)19(25)26/h3,5,7-8,10-11,14,16H,4,6,9,12-13H2,1-2H3,(H,22,27)(H,25,26). The number of imidazole rings is 1. The van der Waals surface area contributed by atoms with Gasteiger partial charge in [0.2, 0.25) is 0 Å².